The molecule has 0 aliphatic carbocycles. The van der Waals surface area contributed by atoms with Crippen LogP contribution in [0.25, 0.3) is 0 Å². The molecule has 148 valence electrons. The second-order valence-electron chi connectivity index (χ2n) is 6.71. The van der Waals surface area contributed by atoms with E-state index in [4.69, 9.17) is 4.74 Å². The molecule has 1 heterocycles. The highest BCUT2D eigenvalue weighted by molar-refractivity contribution is 5.79. The molecule has 0 saturated carbocycles. The first-order valence-corrected chi connectivity index (χ1v) is 9.50. The fourth-order valence-corrected chi connectivity index (χ4v) is 2.96. The van der Waals surface area contributed by atoms with Gasteiger partial charge in [-0.1, -0.05) is 36.4 Å². The van der Waals surface area contributed by atoms with Gasteiger partial charge >= 0.3 is 0 Å². The van der Waals surface area contributed by atoms with Crippen molar-refractivity contribution in [1.29, 1.82) is 0 Å². The van der Waals surface area contributed by atoms with Crippen LogP contribution < -0.4 is 20.3 Å². The van der Waals surface area contributed by atoms with Gasteiger partial charge in [-0.2, -0.15) is 0 Å². The van der Waals surface area contributed by atoms with Crippen molar-refractivity contribution in [3.05, 3.63) is 72.1 Å². The molecule has 0 amide bonds. The molecule has 5 nitrogen and oxygen atoms in total. The van der Waals surface area contributed by atoms with E-state index in [0.717, 1.165) is 13.1 Å². The minimum Gasteiger partial charge on any atom is -0.486 e. The molecule has 0 fully saturated rings. The van der Waals surface area contributed by atoms with Crippen LogP contribution in [0.1, 0.15) is 12.5 Å². The van der Waals surface area contributed by atoms with Gasteiger partial charge in [0.15, 0.2) is 17.5 Å². The number of anilines is 1. The zero-order valence-electron chi connectivity index (χ0n) is 16.4. The summed E-state index contributed by atoms with van der Waals surface area (Å²) in [4.78, 5) is 6.54. The molecule has 0 aromatic heterocycles. The molecule has 28 heavy (non-hydrogen) atoms. The van der Waals surface area contributed by atoms with Crippen LogP contribution in [0.15, 0.2) is 65.7 Å². The third-order valence-electron chi connectivity index (χ3n) is 4.53. The Balaban J connectivity index is 1.43. The van der Waals surface area contributed by atoms with E-state index >= 15 is 0 Å². The number of aliphatic imine (C=N–C) groups is 1. The predicted molar refractivity (Wildman–Crippen MR) is 112 cm³/mol. The highest BCUT2D eigenvalue weighted by atomic mass is 19.1. The molecule has 2 N–H and O–H groups in total. The van der Waals surface area contributed by atoms with Crippen LogP contribution in [-0.2, 0) is 6.54 Å². The molecule has 0 radical (unpaired) electrons. The Morgan fingerprint density at radius 3 is 2.50 bits per heavy atom. The van der Waals surface area contributed by atoms with E-state index in [-0.39, 0.29) is 17.7 Å². The van der Waals surface area contributed by atoms with Crippen LogP contribution in [0.4, 0.5) is 10.1 Å². The van der Waals surface area contributed by atoms with E-state index in [1.807, 2.05) is 6.92 Å². The van der Waals surface area contributed by atoms with Crippen LogP contribution in [-0.4, -0.2) is 38.7 Å². The molecule has 0 spiro atoms. The van der Waals surface area contributed by atoms with Crippen molar-refractivity contribution in [2.45, 2.75) is 19.6 Å². The number of rotatable bonds is 7. The van der Waals surface area contributed by atoms with Gasteiger partial charge in [-0.15, -0.1) is 0 Å². The van der Waals surface area contributed by atoms with Crippen molar-refractivity contribution >= 4 is 11.6 Å². The van der Waals surface area contributed by atoms with Crippen molar-refractivity contribution in [2.24, 2.45) is 4.99 Å². The van der Waals surface area contributed by atoms with Crippen molar-refractivity contribution < 1.29 is 9.13 Å². The lowest BCUT2D eigenvalue weighted by Gasteiger charge is -2.19. The third-order valence-corrected chi connectivity index (χ3v) is 4.53. The summed E-state index contributed by atoms with van der Waals surface area (Å²) in [5.74, 6) is 0.579. The smallest absolute Gasteiger partial charge is 0.191 e. The van der Waals surface area contributed by atoms with Gasteiger partial charge in [0.25, 0.3) is 0 Å². The Labute approximate surface area is 165 Å². The minimum absolute atomic E-state index is 0.205. The highest BCUT2D eigenvalue weighted by Gasteiger charge is 2.09. The summed E-state index contributed by atoms with van der Waals surface area (Å²) >= 11 is 0. The number of ether oxygens (including phenoxy) is 1. The largest absolute Gasteiger partial charge is 0.486 e. The van der Waals surface area contributed by atoms with E-state index < -0.39 is 0 Å². The predicted octanol–water partition coefficient (Wildman–Crippen LogP) is 3.33. The van der Waals surface area contributed by atoms with E-state index in [1.54, 1.807) is 25.2 Å². The molecule has 3 rings (SSSR count). The van der Waals surface area contributed by atoms with Gasteiger partial charge in [-0.3, -0.25) is 4.99 Å². The van der Waals surface area contributed by atoms with Crippen LogP contribution in [0.3, 0.4) is 0 Å². The zero-order valence-corrected chi connectivity index (χ0v) is 16.4. The van der Waals surface area contributed by atoms with Gasteiger partial charge in [-0.25, -0.2) is 4.39 Å². The van der Waals surface area contributed by atoms with Gasteiger partial charge < -0.3 is 20.3 Å². The highest BCUT2D eigenvalue weighted by Crippen LogP contribution is 2.18. The lowest BCUT2D eigenvalue weighted by molar-refractivity contribution is 0.214. The molecule has 0 bridgehead atoms. The lowest BCUT2D eigenvalue weighted by Crippen LogP contribution is -2.41. The molecular weight excluding hydrogens is 355 g/mol. The fourth-order valence-electron chi connectivity index (χ4n) is 2.96. The van der Waals surface area contributed by atoms with Gasteiger partial charge in [0.1, 0.15) is 6.10 Å². The Bertz CT molecular complexity index is 812. The molecule has 0 saturated heterocycles. The molecule has 2 aromatic carbocycles. The minimum atomic E-state index is -0.356. The molecule has 1 atom stereocenters. The Morgan fingerprint density at radius 1 is 1.11 bits per heavy atom. The summed E-state index contributed by atoms with van der Waals surface area (Å²) in [6.45, 7) is 5.01. The van der Waals surface area contributed by atoms with E-state index in [1.165, 1.54) is 17.3 Å². The Hall–Kier alpha value is -3.02. The number of para-hydroxylation sites is 1. The molecule has 1 aliphatic heterocycles. The standard InChI is InChI=1S/C22H27FN4O/c1-17(28-21-8-4-3-7-20(21)23)15-25-22(24-2)26-16-18-9-11-19(12-10-18)27-13-5-6-14-27/h3-12,17H,13-16H2,1-2H3,(H2,24,25,26). The van der Waals surface area contributed by atoms with Crippen molar-refractivity contribution in [3.63, 3.8) is 0 Å². The molecule has 1 aliphatic rings. The van der Waals surface area contributed by atoms with E-state index in [9.17, 15) is 4.39 Å². The maximum atomic E-state index is 13.7. The second-order valence-corrected chi connectivity index (χ2v) is 6.71. The van der Waals surface area contributed by atoms with Gasteiger partial charge in [0.05, 0.1) is 6.54 Å². The number of nitrogens with one attached hydrogen (secondary N) is 2. The number of hydrogen-bond acceptors (Lipinski definition) is 3. The summed E-state index contributed by atoms with van der Waals surface area (Å²) in [7, 11) is 1.72. The van der Waals surface area contributed by atoms with Crippen molar-refractivity contribution in [2.75, 3.05) is 31.6 Å². The number of halogens is 1. The lowest BCUT2D eigenvalue weighted by atomic mass is 10.2. The Kier molecular flexibility index (Phi) is 6.89. The average molecular weight is 382 g/mol. The fraction of sp³-hybridized carbons (Fsp3) is 0.318. The molecule has 1 unspecified atom stereocenters. The van der Waals surface area contributed by atoms with Crippen LogP contribution >= 0.6 is 0 Å². The second kappa shape index (κ2) is 9.78. The first kappa shape index (κ1) is 19.7. The number of nitrogens with zero attached hydrogens (tertiary/aromatic N) is 2. The monoisotopic (exact) mass is 382 g/mol. The van der Waals surface area contributed by atoms with Gasteiger partial charge in [-0.05, 0) is 36.8 Å². The maximum Gasteiger partial charge on any atom is 0.191 e. The van der Waals surface area contributed by atoms with Gasteiger partial charge in [0.2, 0.25) is 0 Å². The summed E-state index contributed by atoms with van der Waals surface area (Å²) in [6, 6.07) is 14.9. The number of guanidine groups is 1. The molecular formula is C22H27FN4O. The van der Waals surface area contributed by atoms with E-state index in [2.05, 4.69) is 56.9 Å². The normalized spacial score (nSPS) is 14.8. The summed E-state index contributed by atoms with van der Waals surface area (Å²) in [6.07, 6.45) is 4.16. The maximum absolute atomic E-state index is 13.7. The SMILES string of the molecule is CN=C(NCc1ccc(N2CC=CC2)cc1)NCC(C)Oc1ccccc1F. The number of hydrogen-bond donors (Lipinski definition) is 2. The third kappa shape index (κ3) is 5.49. The van der Waals surface area contributed by atoms with Crippen LogP contribution in [0.5, 0.6) is 5.75 Å². The summed E-state index contributed by atoms with van der Waals surface area (Å²) in [5.41, 5.74) is 2.41. The summed E-state index contributed by atoms with van der Waals surface area (Å²) < 4.78 is 19.3. The molecule has 2 aromatic rings. The number of benzene rings is 2. The first-order valence-electron chi connectivity index (χ1n) is 9.50. The van der Waals surface area contributed by atoms with Crippen LogP contribution in [0.2, 0.25) is 0 Å². The average Bonchev–Trinajstić information content (AvgIpc) is 3.25. The van der Waals surface area contributed by atoms with Crippen LogP contribution in [0, 0.1) is 5.82 Å². The topological polar surface area (TPSA) is 48.9 Å². The quantitative estimate of drug-likeness (QED) is 0.438. The van der Waals surface area contributed by atoms with Crippen molar-refractivity contribution in [1.82, 2.24) is 10.6 Å². The molecule has 6 heteroatoms. The zero-order chi connectivity index (χ0) is 19.8. The van der Waals surface area contributed by atoms with Crippen molar-refractivity contribution in [3.8, 4) is 5.75 Å². The van der Waals surface area contributed by atoms with Gasteiger partial charge in [0, 0.05) is 32.4 Å². The van der Waals surface area contributed by atoms with E-state index in [0.29, 0.717) is 19.0 Å². The Morgan fingerprint density at radius 2 is 1.82 bits per heavy atom. The summed E-state index contributed by atoms with van der Waals surface area (Å²) in [5, 5.41) is 6.50. The first-order chi connectivity index (χ1) is 13.7.